The summed E-state index contributed by atoms with van der Waals surface area (Å²) in [5.41, 5.74) is 0.169. The van der Waals surface area contributed by atoms with E-state index >= 15 is 0 Å². The normalized spacial score (nSPS) is 10.2. The first-order chi connectivity index (χ1) is 8.18. The topological polar surface area (TPSA) is 59.4 Å². The Morgan fingerprint density at radius 2 is 2.24 bits per heavy atom. The lowest BCUT2D eigenvalue weighted by molar-refractivity contribution is 0.0694. The molecule has 4 nitrogen and oxygen atoms in total. The zero-order valence-electron chi connectivity index (χ0n) is 8.59. The third-order valence-corrected chi connectivity index (χ3v) is 3.15. The summed E-state index contributed by atoms with van der Waals surface area (Å²) in [4.78, 5) is 11.4. The quantitative estimate of drug-likeness (QED) is 0.927. The van der Waals surface area contributed by atoms with Gasteiger partial charge >= 0.3 is 5.97 Å². The molecule has 0 fully saturated rings. The number of carbonyl (C=O) groups is 1. The minimum atomic E-state index is -1.00. The highest BCUT2D eigenvalue weighted by Crippen LogP contribution is 2.25. The number of hydrogen-bond acceptors (Lipinski definition) is 4. The molecule has 0 aliphatic carbocycles. The molecule has 0 saturated heterocycles. The predicted octanol–water partition coefficient (Wildman–Crippen LogP) is 3.07. The van der Waals surface area contributed by atoms with Crippen molar-refractivity contribution in [3.05, 3.63) is 45.9 Å². The monoisotopic (exact) mass is 269 g/mol. The predicted molar refractivity (Wildman–Crippen MR) is 64.9 cm³/mol. The van der Waals surface area contributed by atoms with Crippen LogP contribution in [0.3, 0.4) is 0 Å². The van der Waals surface area contributed by atoms with Gasteiger partial charge in [0.2, 0.25) is 0 Å². The lowest BCUT2D eigenvalue weighted by Crippen LogP contribution is -2.01. The van der Waals surface area contributed by atoms with Crippen molar-refractivity contribution >= 4 is 29.1 Å². The molecule has 1 aromatic heterocycles. The molecule has 0 bridgehead atoms. The van der Waals surface area contributed by atoms with E-state index in [4.69, 9.17) is 21.4 Å². The molecule has 0 aliphatic heterocycles. The van der Waals surface area contributed by atoms with Gasteiger partial charge in [-0.1, -0.05) is 23.7 Å². The van der Waals surface area contributed by atoms with Gasteiger partial charge in [-0.2, -0.15) is 4.37 Å². The van der Waals surface area contributed by atoms with Gasteiger partial charge in [-0.15, -0.1) is 0 Å². The Kier molecular flexibility index (Phi) is 3.61. The van der Waals surface area contributed by atoms with E-state index in [1.807, 2.05) is 0 Å². The molecule has 0 saturated carbocycles. The largest absolute Gasteiger partial charge is 0.486 e. The van der Waals surface area contributed by atoms with Gasteiger partial charge in [0.05, 0.1) is 21.7 Å². The van der Waals surface area contributed by atoms with Crippen molar-refractivity contribution in [1.82, 2.24) is 4.37 Å². The first-order valence-electron chi connectivity index (χ1n) is 4.72. The van der Waals surface area contributed by atoms with Crippen LogP contribution in [0.25, 0.3) is 0 Å². The van der Waals surface area contributed by atoms with Crippen LogP contribution in [0.5, 0.6) is 5.75 Å². The molecule has 0 unspecified atom stereocenters. The second-order valence-electron chi connectivity index (χ2n) is 3.19. The van der Waals surface area contributed by atoms with Gasteiger partial charge in [-0.25, -0.2) is 4.79 Å². The van der Waals surface area contributed by atoms with Crippen molar-refractivity contribution in [2.45, 2.75) is 6.61 Å². The maximum absolute atomic E-state index is 10.8. The first kappa shape index (κ1) is 11.9. The Labute approximate surface area is 107 Å². The average molecular weight is 270 g/mol. The molecule has 2 aromatic rings. The van der Waals surface area contributed by atoms with Gasteiger partial charge < -0.3 is 9.84 Å². The number of halogens is 1. The summed E-state index contributed by atoms with van der Waals surface area (Å²) in [5, 5.41) is 9.39. The Hall–Kier alpha value is -1.59. The van der Waals surface area contributed by atoms with E-state index in [0.29, 0.717) is 15.6 Å². The van der Waals surface area contributed by atoms with Gasteiger partial charge in [-0.05, 0) is 23.7 Å². The molecule has 0 amide bonds. The molecule has 1 aromatic carbocycles. The third kappa shape index (κ3) is 2.75. The summed E-state index contributed by atoms with van der Waals surface area (Å²) in [6.07, 6.45) is 1.32. The Balaban J connectivity index is 2.10. The maximum atomic E-state index is 10.8. The summed E-state index contributed by atoms with van der Waals surface area (Å²) in [5.74, 6) is -0.476. The molecule has 0 atom stereocenters. The molecule has 1 N–H and O–H groups in total. The zero-order chi connectivity index (χ0) is 12.3. The van der Waals surface area contributed by atoms with Crippen LogP contribution in [0.15, 0.2) is 30.5 Å². The zero-order valence-corrected chi connectivity index (χ0v) is 10.2. The molecule has 17 heavy (non-hydrogen) atoms. The number of carboxylic acid groups (broad SMARTS) is 1. The van der Waals surface area contributed by atoms with Gasteiger partial charge in [0.15, 0.2) is 0 Å². The number of carboxylic acids is 1. The standard InChI is InChI=1S/C11H8ClNO3S/c12-8-3-1-2-4-9(8)16-6-10-7(11(14)15)5-13-17-10/h1-5H,6H2,(H,14,15). The highest BCUT2D eigenvalue weighted by Gasteiger charge is 2.13. The molecule has 2 rings (SSSR count). The van der Waals surface area contributed by atoms with Crippen LogP contribution in [-0.2, 0) is 6.61 Å². The van der Waals surface area contributed by atoms with Crippen molar-refractivity contribution in [2.24, 2.45) is 0 Å². The molecular weight excluding hydrogens is 262 g/mol. The first-order valence-corrected chi connectivity index (χ1v) is 5.88. The Morgan fingerprint density at radius 1 is 1.47 bits per heavy atom. The highest BCUT2D eigenvalue weighted by atomic mass is 35.5. The highest BCUT2D eigenvalue weighted by molar-refractivity contribution is 7.06. The van der Waals surface area contributed by atoms with E-state index in [9.17, 15) is 4.79 Å². The lowest BCUT2D eigenvalue weighted by atomic mass is 10.3. The average Bonchev–Trinajstić information content (AvgIpc) is 2.76. The number of aromatic carboxylic acids is 1. The van der Waals surface area contributed by atoms with Crippen LogP contribution in [0.4, 0.5) is 0 Å². The fourth-order valence-electron chi connectivity index (χ4n) is 1.25. The summed E-state index contributed by atoms with van der Waals surface area (Å²) >= 11 is 7.02. The van der Waals surface area contributed by atoms with E-state index in [1.165, 1.54) is 6.20 Å². The van der Waals surface area contributed by atoms with Crippen LogP contribution < -0.4 is 4.74 Å². The fraction of sp³-hybridized carbons (Fsp3) is 0.0909. The minimum Gasteiger partial charge on any atom is -0.486 e. The van der Waals surface area contributed by atoms with Gasteiger partial charge in [0.1, 0.15) is 12.4 Å². The minimum absolute atomic E-state index is 0.149. The van der Waals surface area contributed by atoms with Crippen LogP contribution in [0.1, 0.15) is 15.2 Å². The number of rotatable bonds is 4. The second-order valence-corrected chi connectivity index (χ2v) is 4.48. The van der Waals surface area contributed by atoms with Crippen molar-refractivity contribution in [1.29, 1.82) is 0 Å². The van der Waals surface area contributed by atoms with Crippen molar-refractivity contribution in [3.8, 4) is 5.75 Å². The molecule has 0 aliphatic rings. The summed E-state index contributed by atoms with van der Waals surface area (Å²) in [6, 6.07) is 7.03. The third-order valence-electron chi connectivity index (χ3n) is 2.07. The molecule has 0 radical (unpaired) electrons. The van der Waals surface area contributed by atoms with Crippen LogP contribution in [0.2, 0.25) is 5.02 Å². The number of hydrogen-bond donors (Lipinski definition) is 1. The van der Waals surface area contributed by atoms with Crippen LogP contribution in [0, 0.1) is 0 Å². The van der Waals surface area contributed by atoms with Crippen LogP contribution >= 0.6 is 23.1 Å². The number of ether oxygens (including phenoxy) is 1. The molecule has 0 spiro atoms. The van der Waals surface area contributed by atoms with E-state index in [2.05, 4.69) is 4.37 Å². The Bertz CT molecular complexity index is 541. The van der Waals surface area contributed by atoms with Crippen molar-refractivity contribution < 1.29 is 14.6 Å². The molecule has 88 valence electrons. The molecular formula is C11H8ClNO3S. The number of para-hydroxylation sites is 1. The number of benzene rings is 1. The smallest absolute Gasteiger partial charge is 0.338 e. The van der Waals surface area contributed by atoms with Gasteiger partial charge in [0.25, 0.3) is 0 Å². The van der Waals surface area contributed by atoms with E-state index in [-0.39, 0.29) is 12.2 Å². The number of aromatic nitrogens is 1. The van der Waals surface area contributed by atoms with E-state index in [0.717, 1.165) is 11.5 Å². The van der Waals surface area contributed by atoms with Gasteiger partial charge in [0, 0.05) is 0 Å². The summed E-state index contributed by atoms with van der Waals surface area (Å²) in [7, 11) is 0. The van der Waals surface area contributed by atoms with Crippen LogP contribution in [-0.4, -0.2) is 15.4 Å². The summed E-state index contributed by atoms with van der Waals surface area (Å²) < 4.78 is 9.27. The Morgan fingerprint density at radius 3 is 2.94 bits per heavy atom. The molecule has 6 heteroatoms. The second kappa shape index (κ2) is 5.16. The number of nitrogens with zero attached hydrogens (tertiary/aromatic N) is 1. The SMILES string of the molecule is O=C(O)c1cnsc1COc1ccccc1Cl. The van der Waals surface area contributed by atoms with E-state index < -0.39 is 5.97 Å². The fourth-order valence-corrected chi connectivity index (χ4v) is 2.07. The maximum Gasteiger partial charge on any atom is 0.338 e. The van der Waals surface area contributed by atoms with Crippen molar-refractivity contribution in [3.63, 3.8) is 0 Å². The molecule has 1 heterocycles. The van der Waals surface area contributed by atoms with E-state index in [1.54, 1.807) is 24.3 Å². The van der Waals surface area contributed by atoms with Crippen molar-refractivity contribution in [2.75, 3.05) is 0 Å². The van der Waals surface area contributed by atoms with Gasteiger partial charge in [-0.3, -0.25) is 0 Å². The summed E-state index contributed by atoms with van der Waals surface area (Å²) in [6.45, 7) is 0.149. The lowest BCUT2D eigenvalue weighted by Gasteiger charge is -2.06.